The predicted molar refractivity (Wildman–Crippen MR) is 103 cm³/mol. The van der Waals surface area contributed by atoms with Crippen molar-refractivity contribution in [2.75, 3.05) is 11.9 Å². The van der Waals surface area contributed by atoms with Crippen LogP contribution in [0.4, 0.5) is 11.6 Å². The molecule has 0 saturated heterocycles. The molecule has 0 aliphatic rings. The van der Waals surface area contributed by atoms with Crippen LogP contribution in [-0.2, 0) is 13.5 Å². The molecule has 1 aromatic carbocycles. The lowest BCUT2D eigenvalue weighted by Gasteiger charge is -2.12. The molecule has 8 nitrogen and oxygen atoms in total. The Kier molecular flexibility index (Phi) is 5.55. The smallest absolute Gasteiger partial charge is 0.356 e. The van der Waals surface area contributed by atoms with E-state index in [1.54, 1.807) is 12.1 Å². The van der Waals surface area contributed by atoms with Crippen molar-refractivity contribution in [2.24, 2.45) is 7.05 Å². The van der Waals surface area contributed by atoms with Crippen LogP contribution in [0.15, 0.2) is 59.7 Å². The van der Waals surface area contributed by atoms with Gasteiger partial charge in [-0.05, 0) is 30.5 Å². The Morgan fingerprint density at radius 3 is 2.52 bits per heavy atom. The maximum atomic E-state index is 12.5. The first-order chi connectivity index (χ1) is 13.1. The number of hydrogen-bond acceptors (Lipinski definition) is 6. The number of nitrogens with zero attached hydrogens (tertiary/aromatic N) is 4. The molecule has 8 heteroatoms. The number of nitro groups is 1. The van der Waals surface area contributed by atoms with Crippen LogP contribution in [0.5, 0.6) is 0 Å². The summed E-state index contributed by atoms with van der Waals surface area (Å²) in [7, 11) is 1.47. The van der Waals surface area contributed by atoms with Gasteiger partial charge in [0.25, 0.3) is 0 Å². The van der Waals surface area contributed by atoms with Gasteiger partial charge in [-0.1, -0.05) is 30.3 Å². The molecule has 1 N–H and O–H groups in total. The van der Waals surface area contributed by atoms with Crippen molar-refractivity contribution in [1.29, 1.82) is 0 Å². The Hall–Kier alpha value is -3.55. The van der Waals surface area contributed by atoms with Gasteiger partial charge in [-0.3, -0.25) is 24.5 Å². The highest BCUT2D eigenvalue weighted by Crippen LogP contribution is 2.25. The van der Waals surface area contributed by atoms with Gasteiger partial charge in [-0.2, -0.15) is 0 Å². The van der Waals surface area contributed by atoms with Crippen molar-refractivity contribution in [3.8, 4) is 11.3 Å². The molecule has 27 heavy (non-hydrogen) atoms. The van der Waals surface area contributed by atoms with Gasteiger partial charge < -0.3 is 5.32 Å². The second-order valence-electron chi connectivity index (χ2n) is 6.01. The molecule has 0 aliphatic heterocycles. The van der Waals surface area contributed by atoms with Crippen molar-refractivity contribution >= 4 is 11.6 Å². The Labute approximate surface area is 155 Å². The first kappa shape index (κ1) is 18.2. The average Bonchev–Trinajstić information content (AvgIpc) is 2.69. The highest BCUT2D eigenvalue weighted by atomic mass is 16.6. The molecule has 138 valence electrons. The number of pyridine rings is 1. The number of aryl methyl sites for hydroxylation is 1. The molecule has 3 rings (SSSR count). The number of anilines is 1. The molecule has 0 amide bonds. The molecule has 2 heterocycles. The summed E-state index contributed by atoms with van der Waals surface area (Å²) in [5, 5.41) is 14.5. The third-order valence-electron chi connectivity index (χ3n) is 4.17. The van der Waals surface area contributed by atoms with Crippen molar-refractivity contribution in [1.82, 2.24) is 14.5 Å². The van der Waals surface area contributed by atoms with Crippen LogP contribution in [0, 0.1) is 10.1 Å². The average molecular weight is 365 g/mol. The standard InChI is InChI=1S/C19H19N5O3/c1-23-18(25)17(24(26)27)16(15-9-12-20-13-10-15)22-19(23)21-11-5-8-14-6-3-2-4-7-14/h2-4,6-7,9-10,12-13H,5,8,11H2,1H3,(H,21,22). The summed E-state index contributed by atoms with van der Waals surface area (Å²) in [6.07, 6.45) is 4.73. The normalized spacial score (nSPS) is 10.6. The fourth-order valence-electron chi connectivity index (χ4n) is 2.76. The minimum Gasteiger partial charge on any atom is -0.356 e. The number of rotatable bonds is 7. The highest BCUT2D eigenvalue weighted by Gasteiger charge is 2.25. The third kappa shape index (κ3) is 4.17. The monoisotopic (exact) mass is 365 g/mol. The molecule has 3 aromatic rings. The van der Waals surface area contributed by atoms with Crippen molar-refractivity contribution in [2.45, 2.75) is 12.8 Å². The zero-order chi connectivity index (χ0) is 19.2. The van der Waals surface area contributed by atoms with Gasteiger partial charge >= 0.3 is 11.2 Å². The SMILES string of the molecule is Cn1c(NCCCc2ccccc2)nc(-c2ccncc2)c([N+](=O)[O-])c1=O. The van der Waals surface area contributed by atoms with Gasteiger partial charge in [-0.25, -0.2) is 4.98 Å². The largest absolute Gasteiger partial charge is 0.360 e. The minimum absolute atomic E-state index is 0.0380. The predicted octanol–water partition coefficient (Wildman–Crippen LogP) is 2.80. The van der Waals surface area contributed by atoms with E-state index in [0.717, 1.165) is 12.8 Å². The Morgan fingerprint density at radius 1 is 1.15 bits per heavy atom. The van der Waals surface area contributed by atoms with Crippen molar-refractivity contribution in [3.63, 3.8) is 0 Å². The van der Waals surface area contributed by atoms with Gasteiger partial charge in [0.1, 0.15) is 0 Å². The van der Waals surface area contributed by atoms with Crippen molar-refractivity contribution < 1.29 is 4.92 Å². The van der Waals surface area contributed by atoms with Gasteiger partial charge in [0, 0.05) is 31.5 Å². The minimum atomic E-state index is -0.702. The van der Waals surface area contributed by atoms with E-state index in [9.17, 15) is 14.9 Å². The quantitative estimate of drug-likeness (QED) is 0.392. The Balaban J connectivity index is 1.84. The van der Waals surface area contributed by atoms with Crippen LogP contribution in [0.2, 0.25) is 0 Å². The topological polar surface area (TPSA) is 103 Å². The van der Waals surface area contributed by atoms with Crippen LogP contribution in [0.25, 0.3) is 11.3 Å². The molecule has 0 fully saturated rings. The summed E-state index contributed by atoms with van der Waals surface area (Å²) in [5.41, 5.74) is 0.492. The fraction of sp³-hybridized carbons (Fsp3) is 0.211. The summed E-state index contributed by atoms with van der Waals surface area (Å²) >= 11 is 0. The van der Waals surface area contributed by atoms with E-state index in [1.807, 2.05) is 18.2 Å². The van der Waals surface area contributed by atoms with Crippen LogP contribution in [0.3, 0.4) is 0 Å². The molecule has 0 saturated carbocycles. The maximum Gasteiger partial charge on any atom is 0.360 e. The third-order valence-corrected chi connectivity index (χ3v) is 4.17. The molecular weight excluding hydrogens is 346 g/mol. The Bertz CT molecular complexity index is 987. The highest BCUT2D eigenvalue weighted by molar-refractivity contribution is 5.69. The molecule has 2 aromatic heterocycles. The first-order valence-corrected chi connectivity index (χ1v) is 8.51. The van der Waals surface area contributed by atoms with E-state index < -0.39 is 16.2 Å². The number of benzene rings is 1. The lowest BCUT2D eigenvalue weighted by Crippen LogP contribution is -2.26. The molecule has 0 spiro atoms. The number of nitrogens with one attached hydrogen (secondary N) is 1. The summed E-state index contributed by atoms with van der Waals surface area (Å²) in [6.45, 7) is 0.586. The molecule has 0 unspecified atom stereocenters. The second-order valence-corrected chi connectivity index (χ2v) is 6.01. The fourth-order valence-corrected chi connectivity index (χ4v) is 2.76. The zero-order valence-corrected chi connectivity index (χ0v) is 14.8. The number of aromatic nitrogens is 3. The molecule has 0 atom stereocenters. The molecule has 0 radical (unpaired) electrons. The van der Waals surface area contributed by atoms with Crippen LogP contribution >= 0.6 is 0 Å². The summed E-state index contributed by atoms with van der Waals surface area (Å²) in [6, 6.07) is 13.3. The maximum absolute atomic E-state index is 12.5. The van der Waals surface area contributed by atoms with Gasteiger partial charge in [-0.15, -0.1) is 0 Å². The lowest BCUT2D eigenvalue weighted by atomic mass is 10.1. The molecule has 0 aliphatic carbocycles. The van der Waals surface area contributed by atoms with E-state index in [2.05, 4.69) is 27.4 Å². The van der Waals surface area contributed by atoms with E-state index in [4.69, 9.17) is 0 Å². The first-order valence-electron chi connectivity index (χ1n) is 8.51. The van der Waals surface area contributed by atoms with Crippen LogP contribution < -0.4 is 10.9 Å². The lowest BCUT2D eigenvalue weighted by molar-refractivity contribution is -0.386. The molecular formula is C19H19N5O3. The number of hydrogen-bond donors (Lipinski definition) is 1. The molecule has 0 bridgehead atoms. The second kappa shape index (κ2) is 8.22. The van der Waals surface area contributed by atoms with Gasteiger partial charge in [0.15, 0.2) is 5.69 Å². The zero-order valence-electron chi connectivity index (χ0n) is 14.8. The van der Waals surface area contributed by atoms with Gasteiger partial charge in [0.2, 0.25) is 5.95 Å². The van der Waals surface area contributed by atoms with E-state index in [1.165, 1.54) is 29.6 Å². The van der Waals surface area contributed by atoms with Crippen LogP contribution in [0.1, 0.15) is 12.0 Å². The summed E-state index contributed by atoms with van der Waals surface area (Å²) in [4.78, 5) is 31.5. The van der Waals surface area contributed by atoms with E-state index in [-0.39, 0.29) is 5.69 Å². The van der Waals surface area contributed by atoms with Gasteiger partial charge in [0.05, 0.1) is 4.92 Å². The van der Waals surface area contributed by atoms with Crippen molar-refractivity contribution in [3.05, 3.63) is 80.9 Å². The van der Waals surface area contributed by atoms with E-state index in [0.29, 0.717) is 18.1 Å². The summed E-state index contributed by atoms with van der Waals surface area (Å²) in [5.74, 6) is 0.297. The van der Waals surface area contributed by atoms with E-state index >= 15 is 0 Å². The van der Waals surface area contributed by atoms with Crippen LogP contribution in [-0.4, -0.2) is 26.0 Å². The summed E-state index contributed by atoms with van der Waals surface area (Å²) < 4.78 is 1.17. The Morgan fingerprint density at radius 2 is 1.85 bits per heavy atom.